The average molecular weight is 405 g/mol. The van der Waals surface area contributed by atoms with Gasteiger partial charge in [-0.2, -0.15) is 0 Å². The third-order valence-corrected chi connectivity index (χ3v) is 3.87. The van der Waals surface area contributed by atoms with Crippen LogP contribution in [0.3, 0.4) is 0 Å². The fourth-order valence-electron chi connectivity index (χ4n) is 2.46. The topological polar surface area (TPSA) is 90.9 Å². The van der Waals surface area contributed by atoms with Gasteiger partial charge in [0, 0.05) is 5.69 Å². The Hall–Kier alpha value is -4.13. The first-order chi connectivity index (χ1) is 14.6. The SMILES string of the molecule is O=Cc1ccccc1OCC(=O)OCC(=O)Nc1ccc(Oc2ccccc2)cc1. The van der Waals surface area contributed by atoms with Crippen molar-refractivity contribution in [2.75, 3.05) is 18.5 Å². The minimum Gasteiger partial charge on any atom is -0.481 e. The van der Waals surface area contributed by atoms with Crippen LogP contribution in [0.2, 0.25) is 0 Å². The Morgan fingerprint density at radius 2 is 1.47 bits per heavy atom. The molecule has 0 aromatic heterocycles. The molecule has 152 valence electrons. The highest BCUT2D eigenvalue weighted by atomic mass is 16.6. The van der Waals surface area contributed by atoms with Gasteiger partial charge in [0.1, 0.15) is 17.2 Å². The molecule has 7 heteroatoms. The highest BCUT2D eigenvalue weighted by Crippen LogP contribution is 2.22. The average Bonchev–Trinajstić information content (AvgIpc) is 2.78. The van der Waals surface area contributed by atoms with Crippen LogP contribution in [0.15, 0.2) is 78.9 Å². The van der Waals surface area contributed by atoms with Crippen molar-refractivity contribution in [3.63, 3.8) is 0 Å². The summed E-state index contributed by atoms with van der Waals surface area (Å²) >= 11 is 0. The van der Waals surface area contributed by atoms with Crippen molar-refractivity contribution in [1.29, 1.82) is 0 Å². The van der Waals surface area contributed by atoms with Crippen molar-refractivity contribution in [1.82, 2.24) is 0 Å². The molecule has 0 saturated carbocycles. The molecular formula is C23H19NO6. The number of para-hydroxylation sites is 2. The van der Waals surface area contributed by atoms with E-state index in [0.29, 0.717) is 29.0 Å². The summed E-state index contributed by atoms with van der Waals surface area (Å²) in [5.41, 5.74) is 0.857. The van der Waals surface area contributed by atoms with Gasteiger partial charge >= 0.3 is 5.97 Å². The number of carbonyl (C=O) groups is 3. The Morgan fingerprint density at radius 3 is 2.20 bits per heavy atom. The molecule has 1 N–H and O–H groups in total. The molecule has 0 radical (unpaired) electrons. The molecule has 3 rings (SSSR count). The van der Waals surface area contributed by atoms with E-state index in [-0.39, 0.29) is 5.75 Å². The van der Waals surface area contributed by atoms with Crippen LogP contribution in [0.25, 0.3) is 0 Å². The molecule has 1 amide bonds. The molecule has 0 aliphatic heterocycles. The number of aldehydes is 1. The lowest BCUT2D eigenvalue weighted by Gasteiger charge is -2.10. The predicted octanol–water partition coefficient (Wildman–Crippen LogP) is 3.85. The fourth-order valence-corrected chi connectivity index (χ4v) is 2.46. The lowest BCUT2D eigenvalue weighted by molar-refractivity contribution is -0.149. The molecule has 0 aliphatic rings. The molecule has 0 atom stereocenters. The summed E-state index contributed by atoms with van der Waals surface area (Å²) in [4.78, 5) is 34.6. The van der Waals surface area contributed by atoms with E-state index < -0.39 is 25.1 Å². The van der Waals surface area contributed by atoms with Crippen LogP contribution in [-0.4, -0.2) is 31.4 Å². The first-order valence-corrected chi connectivity index (χ1v) is 9.09. The second-order valence-electron chi connectivity index (χ2n) is 6.09. The van der Waals surface area contributed by atoms with E-state index in [0.717, 1.165) is 0 Å². The van der Waals surface area contributed by atoms with E-state index in [1.807, 2.05) is 30.3 Å². The van der Waals surface area contributed by atoms with Crippen molar-refractivity contribution in [3.05, 3.63) is 84.4 Å². The summed E-state index contributed by atoms with van der Waals surface area (Å²) in [5, 5.41) is 2.62. The zero-order chi connectivity index (χ0) is 21.2. The van der Waals surface area contributed by atoms with Crippen molar-refractivity contribution < 1.29 is 28.6 Å². The highest BCUT2D eigenvalue weighted by molar-refractivity contribution is 5.92. The van der Waals surface area contributed by atoms with E-state index in [9.17, 15) is 14.4 Å². The number of hydrogen-bond acceptors (Lipinski definition) is 6. The van der Waals surface area contributed by atoms with Gasteiger partial charge in [-0.3, -0.25) is 9.59 Å². The quantitative estimate of drug-likeness (QED) is 0.430. The molecule has 30 heavy (non-hydrogen) atoms. The first kappa shape index (κ1) is 20.6. The molecule has 0 unspecified atom stereocenters. The van der Waals surface area contributed by atoms with Gasteiger partial charge in [-0.1, -0.05) is 30.3 Å². The van der Waals surface area contributed by atoms with E-state index in [1.54, 1.807) is 48.5 Å². The molecule has 0 bridgehead atoms. The van der Waals surface area contributed by atoms with Crippen molar-refractivity contribution >= 4 is 23.9 Å². The van der Waals surface area contributed by atoms with E-state index in [2.05, 4.69) is 5.32 Å². The summed E-state index contributed by atoms with van der Waals surface area (Å²) in [6.07, 6.45) is 0.629. The molecule has 0 heterocycles. The van der Waals surface area contributed by atoms with Crippen LogP contribution in [0.4, 0.5) is 5.69 Å². The van der Waals surface area contributed by atoms with Gasteiger partial charge < -0.3 is 19.5 Å². The fraction of sp³-hybridized carbons (Fsp3) is 0.0870. The number of amides is 1. The Kier molecular flexibility index (Phi) is 7.16. The van der Waals surface area contributed by atoms with E-state index in [4.69, 9.17) is 14.2 Å². The lowest BCUT2D eigenvalue weighted by Crippen LogP contribution is -2.23. The Morgan fingerprint density at radius 1 is 0.800 bits per heavy atom. The Labute approximate surface area is 173 Å². The van der Waals surface area contributed by atoms with Crippen molar-refractivity contribution in [3.8, 4) is 17.2 Å². The van der Waals surface area contributed by atoms with Crippen LogP contribution < -0.4 is 14.8 Å². The second-order valence-corrected chi connectivity index (χ2v) is 6.09. The number of esters is 1. The van der Waals surface area contributed by atoms with Gasteiger partial charge in [0.15, 0.2) is 19.5 Å². The molecule has 0 fully saturated rings. The highest BCUT2D eigenvalue weighted by Gasteiger charge is 2.10. The molecule has 3 aromatic rings. The van der Waals surface area contributed by atoms with E-state index in [1.165, 1.54) is 0 Å². The van der Waals surface area contributed by atoms with Crippen molar-refractivity contribution in [2.45, 2.75) is 0 Å². The molecule has 3 aromatic carbocycles. The third kappa shape index (κ3) is 6.20. The molecular weight excluding hydrogens is 386 g/mol. The summed E-state index contributed by atoms with van der Waals surface area (Å²) in [6, 6.07) is 22.6. The minimum atomic E-state index is -0.725. The minimum absolute atomic E-state index is 0.270. The zero-order valence-corrected chi connectivity index (χ0v) is 15.9. The zero-order valence-electron chi connectivity index (χ0n) is 15.9. The van der Waals surface area contributed by atoms with Crippen LogP contribution >= 0.6 is 0 Å². The largest absolute Gasteiger partial charge is 0.481 e. The smallest absolute Gasteiger partial charge is 0.344 e. The van der Waals surface area contributed by atoms with Gasteiger partial charge in [0.25, 0.3) is 5.91 Å². The standard InChI is InChI=1S/C23H19NO6/c25-14-17-6-4-5-9-21(17)28-16-23(27)29-15-22(26)24-18-10-12-20(13-11-18)30-19-7-2-1-3-8-19/h1-14H,15-16H2,(H,24,26). The third-order valence-electron chi connectivity index (χ3n) is 3.87. The molecule has 7 nitrogen and oxygen atoms in total. The van der Waals surface area contributed by atoms with Crippen LogP contribution in [0.1, 0.15) is 10.4 Å². The van der Waals surface area contributed by atoms with Crippen LogP contribution in [-0.2, 0) is 14.3 Å². The van der Waals surface area contributed by atoms with Gasteiger partial charge in [-0.25, -0.2) is 4.79 Å². The molecule has 0 aliphatic carbocycles. The van der Waals surface area contributed by atoms with E-state index >= 15 is 0 Å². The predicted molar refractivity (Wildman–Crippen MR) is 110 cm³/mol. The van der Waals surface area contributed by atoms with Gasteiger partial charge in [0.05, 0.1) is 5.56 Å². The maximum atomic E-state index is 12.0. The Balaban J connectivity index is 1.41. The van der Waals surface area contributed by atoms with Crippen molar-refractivity contribution in [2.24, 2.45) is 0 Å². The lowest BCUT2D eigenvalue weighted by atomic mass is 10.2. The number of anilines is 1. The number of carbonyl (C=O) groups excluding carboxylic acids is 3. The number of nitrogens with one attached hydrogen (secondary N) is 1. The van der Waals surface area contributed by atoms with Gasteiger partial charge in [0.2, 0.25) is 0 Å². The maximum absolute atomic E-state index is 12.0. The number of hydrogen-bond donors (Lipinski definition) is 1. The first-order valence-electron chi connectivity index (χ1n) is 9.09. The van der Waals surface area contributed by atoms with Crippen LogP contribution in [0, 0.1) is 0 Å². The second kappa shape index (κ2) is 10.4. The maximum Gasteiger partial charge on any atom is 0.344 e. The molecule has 0 saturated heterocycles. The van der Waals surface area contributed by atoms with Crippen LogP contribution in [0.5, 0.6) is 17.2 Å². The number of benzene rings is 3. The van der Waals surface area contributed by atoms with Gasteiger partial charge in [-0.05, 0) is 48.5 Å². The summed E-state index contributed by atoms with van der Waals surface area (Å²) < 4.78 is 15.8. The normalized spacial score (nSPS) is 10.0. The monoisotopic (exact) mass is 405 g/mol. The Bertz CT molecular complexity index is 1000. The van der Waals surface area contributed by atoms with Gasteiger partial charge in [-0.15, -0.1) is 0 Å². The summed E-state index contributed by atoms with van der Waals surface area (Å²) in [6.45, 7) is -0.872. The summed E-state index contributed by atoms with van der Waals surface area (Å²) in [7, 11) is 0. The molecule has 0 spiro atoms. The number of ether oxygens (including phenoxy) is 3. The number of rotatable bonds is 9. The summed E-state index contributed by atoms with van der Waals surface area (Å²) in [5.74, 6) is 0.384.